The second-order valence-corrected chi connectivity index (χ2v) is 5.39. The zero-order valence-corrected chi connectivity index (χ0v) is 12.3. The van der Waals surface area contributed by atoms with Crippen molar-refractivity contribution in [2.45, 2.75) is 9.79 Å². The fourth-order valence-corrected chi connectivity index (χ4v) is 2.64. The molecule has 3 aromatic rings. The Hall–Kier alpha value is -2.61. The van der Waals surface area contributed by atoms with Crippen molar-refractivity contribution in [3.05, 3.63) is 42.3 Å². The molecule has 0 saturated heterocycles. The number of hydrogen-bond acceptors (Lipinski definition) is 5. The number of methoxy groups -OCH3 is 1. The average Bonchev–Trinajstić information content (AvgIpc) is 2.91. The fourth-order valence-electron chi connectivity index (χ4n) is 1.79. The number of carbonyl (C=O) groups is 1. The number of H-pyrrole nitrogens is 1. The lowest BCUT2D eigenvalue weighted by Crippen LogP contribution is -2.11. The molecule has 0 spiro atoms. The zero-order valence-electron chi connectivity index (χ0n) is 11.5. The van der Waals surface area contributed by atoms with E-state index in [2.05, 4.69) is 25.0 Å². The van der Waals surface area contributed by atoms with Gasteiger partial charge in [0.2, 0.25) is 5.95 Å². The molecule has 0 saturated carbocycles. The van der Waals surface area contributed by atoms with Crippen molar-refractivity contribution in [1.82, 2.24) is 15.0 Å². The molecule has 0 radical (unpaired) electrons. The van der Waals surface area contributed by atoms with E-state index in [0.717, 1.165) is 4.90 Å². The predicted molar refractivity (Wildman–Crippen MR) is 80.4 cm³/mol. The SMILES string of the molecule is COC(=O)Nc1nc2cc(Sc3ccccc3F)cnc2[nH]1. The summed E-state index contributed by atoms with van der Waals surface area (Å²) in [6, 6.07) is 8.27. The molecule has 22 heavy (non-hydrogen) atoms. The topological polar surface area (TPSA) is 79.9 Å². The van der Waals surface area contributed by atoms with Crippen LogP contribution in [0.1, 0.15) is 0 Å². The van der Waals surface area contributed by atoms with E-state index in [1.165, 1.54) is 24.9 Å². The molecule has 0 aliphatic heterocycles. The molecule has 0 fully saturated rings. The first kappa shape index (κ1) is 14.3. The van der Waals surface area contributed by atoms with Gasteiger partial charge in [-0.1, -0.05) is 23.9 Å². The number of aromatic nitrogens is 3. The first-order valence-corrected chi connectivity index (χ1v) is 7.10. The van der Waals surface area contributed by atoms with Gasteiger partial charge in [-0.05, 0) is 18.2 Å². The van der Waals surface area contributed by atoms with E-state index < -0.39 is 6.09 Å². The summed E-state index contributed by atoms with van der Waals surface area (Å²) in [7, 11) is 1.26. The summed E-state index contributed by atoms with van der Waals surface area (Å²) in [6.07, 6.45) is 0.986. The van der Waals surface area contributed by atoms with Gasteiger partial charge < -0.3 is 9.72 Å². The second kappa shape index (κ2) is 6.02. The highest BCUT2D eigenvalue weighted by atomic mass is 32.2. The molecule has 6 nitrogen and oxygen atoms in total. The van der Waals surface area contributed by atoms with Crippen LogP contribution in [0.5, 0.6) is 0 Å². The molecule has 0 bridgehead atoms. The molecule has 0 aliphatic rings. The molecule has 2 N–H and O–H groups in total. The number of nitrogens with one attached hydrogen (secondary N) is 2. The van der Waals surface area contributed by atoms with Crippen LogP contribution in [-0.2, 0) is 4.74 Å². The van der Waals surface area contributed by atoms with Crippen LogP contribution in [0.25, 0.3) is 11.2 Å². The van der Waals surface area contributed by atoms with Gasteiger partial charge in [0.05, 0.1) is 7.11 Å². The predicted octanol–water partition coefficient (Wildman–Crippen LogP) is 3.43. The third-order valence-corrected chi connectivity index (χ3v) is 3.79. The summed E-state index contributed by atoms with van der Waals surface area (Å²) < 4.78 is 18.1. The number of carbonyl (C=O) groups excluding carboxylic acids is 1. The van der Waals surface area contributed by atoms with Crippen molar-refractivity contribution in [3.8, 4) is 0 Å². The number of benzene rings is 1. The van der Waals surface area contributed by atoms with Gasteiger partial charge in [0.25, 0.3) is 0 Å². The minimum Gasteiger partial charge on any atom is -0.453 e. The summed E-state index contributed by atoms with van der Waals surface area (Å²) in [5.41, 5.74) is 1.08. The van der Waals surface area contributed by atoms with Crippen molar-refractivity contribution in [2.75, 3.05) is 12.4 Å². The summed E-state index contributed by atoms with van der Waals surface area (Å²) in [6.45, 7) is 0. The van der Waals surface area contributed by atoms with Crippen molar-refractivity contribution in [1.29, 1.82) is 0 Å². The summed E-state index contributed by atoms with van der Waals surface area (Å²) in [5.74, 6) is -0.0509. The number of aromatic amines is 1. The maximum atomic E-state index is 13.7. The van der Waals surface area contributed by atoms with Crippen LogP contribution in [0.4, 0.5) is 15.1 Å². The highest BCUT2D eigenvalue weighted by Crippen LogP contribution is 2.30. The van der Waals surface area contributed by atoms with Gasteiger partial charge in [0.15, 0.2) is 5.65 Å². The van der Waals surface area contributed by atoms with Crippen LogP contribution in [0, 0.1) is 5.82 Å². The van der Waals surface area contributed by atoms with Gasteiger partial charge in [0, 0.05) is 16.0 Å². The van der Waals surface area contributed by atoms with E-state index in [9.17, 15) is 9.18 Å². The molecule has 2 heterocycles. The van der Waals surface area contributed by atoms with Gasteiger partial charge in [-0.2, -0.15) is 0 Å². The third kappa shape index (κ3) is 3.01. The van der Waals surface area contributed by atoms with Crippen LogP contribution >= 0.6 is 11.8 Å². The van der Waals surface area contributed by atoms with Gasteiger partial charge in [-0.3, -0.25) is 5.32 Å². The Bertz CT molecular complexity index is 837. The van der Waals surface area contributed by atoms with Crippen LogP contribution in [-0.4, -0.2) is 28.2 Å². The lowest BCUT2D eigenvalue weighted by molar-refractivity contribution is 0.186. The first-order chi connectivity index (χ1) is 10.7. The van der Waals surface area contributed by atoms with Crippen LogP contribution in [0.2, 0.25) is 0 Å². The highest BCUT2D eigenvalue weighted by Gasteiger charge is 2.09. The van der Waals surface area contributed by atoms with Crippen LogP contribution in [0.3, 0.4) is 0 Å². The number of pyridine rings is 1. The second-order valence-electron chi connectivity index (χ2n) is 4.27. The molecular weight excluding hydrogens is 307 g/mol. The summed E-state index contributed by atoms with van der Waals surface area (Å²) in [5, 5.41) is 2.42. The monoisotopic (exact) mass is 318 g/mol. The Morgan fingerprint density at radius 3 is 3.00 bits per heavy atom. The van der Waals surface area contributed by atoms with Crippen molar-refractivity contribution >= 4 is 35.0 Å². The van der Waals surface area contributed by atoms with E-state index >= 15 is 0 Å². The smallest absolute Gasteiger partial charge is 0.413 e. The minimum absolute atomic E-state index is 0.238. The van der Waals surface area contributed by atoms with Crippen molar-refractivity contribution < 1.29 is 13.9 Å². The Morgan fingerprint density at radius 2 is 2.23 bits per heavy atom. The van der Waals surface area contributed by atoms with E-state index in [0.29, 0.717) is 16.1 Å². The molecular formula is C14H11FN4O2S. The number of ether oxygens (including phenoxy) is 1. The quantitative estimate of drug-likeness (QED) is 0.773. The van der Waals surface area contributed by atoms with Gasteiger partial charge in [-0.15, -0.1) is 0 Å². The standard InChI is InChI=1S/C14H11FN4O2S/c1-21-14(20)19-13-17-10-6-8(7-16-12(10)18-13)22-11-5-3-2-4-9(11)15/h2-7H,1H3,(H2,16,17,18,19,20). The average molecular weight is 318 g/mol. The summed E-state index contributed by atoms with van der Waals surface area (Å²) >= 11 is 1.25. The molecule has 1 amide bonds. The number of fused-ring (bicyclic) bond motifs is 1. The maximum Gasteiger partial charge on any atom is 0.413 e. The number of imidazole rings is 1. The fraction of sp³-hybridized carbons (Fsp3) is 0.0714. The highest BCUT2D eigenvalue weighted by molar-refractivity contribution is 7.99. The number of rotatable bonds is 3. The number of halogens is 1. The van der Waals surface area contributed by atoms with E-state index in [1.54, 1.807) is 30.5 Å². The minimum atomic E-state index is -0.625. The first-order valence-electron chi connectivity index (χ1n) is 6.29. The van der Waals surface area contributed by atoms with Crippen LogP contribution in [0.15, 0.2) is 46.3 Å². The third-order valence-electron chi connectivity index (χ3n) is 2.78. The Balaban J connectivity index is 1.86. The number of nitrogens with zero attached hydrogens (tertiary/aromatic N) is 2. The Labute approximate surface area is 129 Å². The molecule has 0 unspecified atom stereocenters. The van der Waals surface area contributed by atoms with E-state index in [4.69, 9.17) is 0 Å². The number of hydrogen-bond donors (Lipinski definition) is 2. The van der Waals surface area contributed by atoms with Gasteiger partial charge in [0.1, 0.15) is 11.3 Å². The summed E-state index contributed by atoms with van der Waals surface area (Å²) in [4.78, 5) is 23.6. The molecule has 0 atom stereocenters. The van der Waals surface area contributed by atoms with E-state index in [1.807, 2.05) is 0 Å². The van der Waals surface area contributed by atoms with Gasteiger partial charge >= 0.3 is 6.09 Å². The van der Waals surface area contributed by atoms with Crippen molar-refractivity contribution in [3.63, 3.8) is 0 Å². The number of anilines is 1. The lowest BCUT2D eigenvalue weighted by atomic mass is 10.3. The van der Waals surface area contributed by atoms with E-state index in [-0.39, 0.29) is 11.8 Å². The lowest BCUT2D eigenvalue weighted by Gasteiger charge is -2.01. The Morgan fingerprint density at radius 1 is 1.41 bits per heavy atom. The van der Waals surface area contributed by atoms with Crippen LogP contribution < -0.4 is 5.32 Å². The van der Waals surface area contributed by atoms with Crippen molar-refractivity contribution in [2.24, 2.45) is 0 Å². The Kier molecular flexibility index (Phi) is 3.92. The zero-order chi connectivity index (χ0) is 15.5. The molecule has 0 aliphatic carbocycles. The van der Waals surface area contributed by atoms with Gasteiger partial charge in [-0.25, -0.2) is 19.2 Å². The molecule has 1 aromatic carbocycles. The normalized spacial score (nSPS) is 10.6. The molecule has 8 heteroatoms. The molecule has 112 valence electrons. The molecule has 2 aromatic heterocycles. The largest absolute Gasteiger partial charge is 0.453 e. The maximum absolute atomic E-state index is 13.7. The molecule has 3 rings (SSSR count). The number of amides is 1.